The molecule has 0 aliphatic carbocycles. The molecule has 1 N–H and O–H groups in total. The lowest BCUT2D eigenvalue weighted by Gasteiger charge is -2.04. The van der Waals surface area contributed by atoms with Crippen LogP contribution in [0, 0.1) is 5.82 Å². The van der Waals surface area contributed by atoms with Crippen LogP contribution in [0.25, 0.3) is 11.3 Å². The van der Waals surface area contributed by atoms with Crippen molar-refractivity contribution in [2.45, 2.75) is 4.90 Å². The Balaban J connectivity index is 1.69. The van der Waals surface area contributed by atoms with Crippen molar-refractivity contribution in [2.75, 3.05) is 11.1 Å². The Bertz CT molecular complexity index is 984. The van der Waals surface area contributed by atoms with Crippen molar-refractivity contribution in [2.24, 2.45) is 0 Å². The smallest absolute Gasteiger partial charge is 0.241 e. The summed E-state index contributed by atoms with van der Waals surface area (Å²) in [6, 6.07) is 13.8. The van der Waals surface area contributed by atoms with Gasteiger partial charge in [-0.1, -0.05) is 30.3 Å². The van der Waals surface area contributed by atoms with Crippen LogP contribution < -0.4 is 5.32 Å². The Morgan fingerprint density at radius 2 is 1.76 bits per heavy atom. The number of nitrogens with one attached hydrogen (secondary N) is 1. The summed E-state index contributed by atoms with van der Waals surface area (Å²) in [7, 11) is -3.84. The number of carbonyl (C=O) groups excluding carboxylic acids is 1. The van der Waals surface area contributed by atoms with Crippen molar-refractivity contribution in [1.29, 1.82) is 0 Å². The summed E-state index contributed by atoms with van der Waals surface area (Å²) in [5.74, 6) is -1.98. The molecule has 0 aliphatic rings. The van der Waals surface area contributed by atoms with Gasteiger partial charge in [0.1, 0.15) is 11.6 Å². The third kappa shape index (κ3) is 4.28. The third-order valence-corrected chi connectivity index (χ3v) is 5.70. The molecular weight excluding hydrogens is 363 g/mol. The van der Waals surface area contributed by atoms with Crippen LogP contribution in [-0.2, 0) is 14.6 Å². The zero-order chi connectivity index (χ0) is 17.9. The number of amides is 1. The van der Waals surface area contributed by atoms with Crippen LogP contribution in [-0.4, -0.2) is 25.1 Å². The first-order chi connectivity index (χ1) is 11.9. The average Bonchev–Trinajstić information content (AvgIpc) is 3.04. The Morgan fingerprint density at radius 1 is 1.08 bits per heavy atom. The fourth-order valence-corrected chi connectivity index (χ4v) is 4.00. The molecule has 0 unspecified atom stereocenters. The number of sulfone groups is 1. The molecule has 0 saturated heterocycles. The van der Waals surface area contributed by atoms with Gasteiger partial charge in [-0.15, -0.1) is 11.3 Å². The fourth-order valence-electron chi connectivity index (χ4n) is 2.13. The monoisotopic (exact) mass is 376 g/mol. The number of thiazole rings is 1. The molecule has 1 heterocycles. The number of hydrogen-bond acceptors (Lipinski definition) is 5. The summed E-state index contributed by atoms with van der Waals surface area (Å²) in [6.07, 6.45) is 0. The van der Waals surface area contributed by atoms with E-state index >= 15 is 0 Å². The summed E-state index contributed by atoms with van der Waals surface area (Å²) in [5.41, 5.74) is 1.60. The standard InChI is InChI=1S/C17H13FN2O3S2/c18-13-6-8-14(9-7-13)25(22,23)11-16(21)20-17-19-15(10-24-17)12-4-2-1-3-5-12/h1-10H,11H2,(H,19,20,21). The summed E-state index contributed by atoms with van der Waals surface area (Å²) < 4.78 is 37.2. The van der Waals surface area contributed by atoms with Crippen LogP contribution in [0.3, 0.4) is 0 Å². The Kier molecular flexibility index (Phi) is 4.91. The molecule has 1 aromatic heterocycles. The minimum atomic E-state index is -3.84. The number of carbonyl (C=O) groups is 1. The first-order valence-electron chi connectivity index (χ1n) is 7.23. The zero-order valence-electron chi connectivity index (χ0n) is 12.8. The van der Waals surface area contributed by atoms with Crippen LogP contribution in [0.2, 0.25) is 0 Å². The molecule has 1 amide bonds. The molecule has 0 spiro atoms. The molecule has 0 aliphatic heterocycles. The van der Waals surface area contributed by atoms with E-state index in [1.54, 1.807) is 5.38 Å². The van der Waals surface area contributed by atoms with E-state index in [4.69, 9.17) is 0 Å². The first kappa shape index (κ1) is 17.2. The molecule has 0 fully saturated rings. The molecule has 0 radical (unpaired) electrons. The predicted molar refractivity (Wildman–Crippen MR) is 94.6 cm³/mol. The lowest BCUT2D eigenvalue weighted by atomic mass is 10.2. The third-order valence-electron chi connectivity index (χ3n) is 3.31. The molecular formula is C17H13FN2O3S2. The largest absolute Gasteiger partial charge is 0.301 e. The average molecular weight is 376 g/mol. The topological polar surface area (TPSA) is 76.1 Å². The maximum atomic E-state index is 12.9. The van der Waals surface area contributed by atoms with Crippen molar-refractivity contribution >= 4 is 32.2 Å². The van der Waals surface area contributed by atoms with Gasteiger partial charge in [0.2, 0.25) is 5.91 Å². The predicted octanol–water partition coefficient (Wildman–Crippen LogP) is 3.36. The van der Waals surface area contributed by atoms with Gasteiger partial charge in [-0.05, 0) is 24.3 Å². The van der Waals surface area contributed by atoms with E-state index in [9.17, 15) is 17.6 Å². The van der Waals surface area contributed by atoms with Gasteiger partial charge in [0.05, 0.1) is 10.6 Å². The second kappa shape index (κ2) is 7.12. The van der Waals surface area contributed by atoms with E-state index in [-0.39, 0.29) is 4.90 Å². The van der Waals surface area contributed by atoms with Gasteiger partial charge in [-0.25, -0.2) is 17.8 Å². The molecule has 0 bridgehead atoms. The number of halogens is 1. The number of anilines is 1. The molecule has 3 rings (SSSR count). The highest BCUT2D eigenvalue weighted by molar-refractivity contribution is 7.92. The van der Waals surface area contributed by atoms with Gasteiger partial charge >= 0.3 is 0 Å². The van der Waals surface area contributed by atoms with Crippen LogP contribution >= 0.6 is 11.3 Å². The number of aromatic nitrogens is 1. The van der Waals surface area contributed by atoms with Gasteiger partial charge in [0.25, 0.3) is 0 Å². The minimum Gasteiger partial charge on any atom is -0.301 e. The Labute approximate surface area is 148 Å². The molecule has 128 valence electrons. The van der Waals surface area contributed by atoms with E-state index in [0.717, 1.165) is 29.8 Å². The normalized spacial score (nSPS) is 11.2. The van der Waals surface area contributed by atoms with Crippen molar-refractivity contribution in [3.8, 4) is 11.3 Å². The van der Waals surface area contributed by atoms with Crippen LogP contribution in [0.15, 0.2) is 64.9 Å². The van der Waals surface area contributed by atoms with Gasteiger partial charge in [-0.3, -0.25) is 4.79 Å². The fraction of sp³-hybridized carbons (Fsp3) is 0.0588. The Morgan fingerprint density at radius 3 is 2.44 bits per heavy atom. The molecule has 8 heteroatoms. The van der Waals surface area contributed by atoms with Crippen molar-refractivity contribution in [3.63, 3.8) is 0 Å². The van der Waals surface area contributed by atoms with E-state index in [0.29, 0.717) is 10.8 Å². The summed E-state index contributed by atoms with van der Waals surface area (Å²) in [5, 5.41) is 4.58. The molecule has 0 atom stereocenters. The quantitative estimate of drug-likeness (QED) is 0.693. The van der Waals surface area contributed by atoms with Crippen molar-refractivity contribution < 1.29 is 17.6 Å². The number of nitrogens with zero attached hydrogens (tertiary/aromatic N) is 1. The highest BCUT2D eigenvalue weighted by Crippen LogP contribution is 2.24. The lowest BCUT2D eigenvalue weighted by Crippen LogP contribution is -2.23. The van der Waals surface area contributed by atoms with Gasteiger partial charge in [-0.2, -0.15) is 0 Å². The lowest BCUT2D eigenvalue weighted by molar-refractivity contribution is -0.113. The van der Waals surface area contributed by atoms with Gasteiger partial charge in [0, 0.05) is 10.9 Å². The molecule has 5 nitrogen and oxygen atoms in total. The summed E-state index contributed by atoms with van der Waals surface area (Å²) in [4.78, 5) is 16.2. The highest BCUT2D eigenvalue weighted by atomic mass is 32.2. The summed E-state index contributed by atoms with van der Waals surface area (Å²) >= 11 is 1.21. The van der Waals surface area contributed by atoms with Gasteiger partial charge < -0.3 is 5.32 Å². The number of hydrogen-bond donors (Lipinski definition) is 1. The molecule has 25 heavy (non-hydrogen) atoms. The maximum Gasteiger partial charge on any atom is 0.241 e. The van der Waals surface area contributed by atoms with E-state index in [2.05, 4.69) is 10.3 Å². The van der Waals surface area contributed by atoms with Gasteiger partial charge in [0.15, 0.2) is 15.0 Å². The summed E-state index contributed by atoms with van der Waals surface area (Å²) in [6.45, 7) is 0. The van der Waals surface area contributed by atoms with Crippen molar-refractivity contribution in [1.82, 2.24) is 4.98 Å². The number of rotatable bonds is 5. The second-order valence-electron chi connectivity index (χ2n) is 5.17. The molecule has 3 aromatic rings. The number of benzene rings is 2. The van der Waals surface area contributed by atoms with Crippen LogP contribution in [0.5, 0.6) is 0 Å². The maximum absolute atomic E-state index is 12.9. The molecule has 0 saturated carbocycles. The zero-order valence-corrected chi connectivity index (χ0v) is 14.5. The highest BCUT2D eigenvalue weighted by Gasteiger charge is 2.20. The van der Waals surface area contributed by atoms with E-state index in [1.165, 1.54) is 11.3 Å². The van der Waals surface area contributed by atoms with E-state index in [1.807, 2.05) is 30.3 Å². The SMILES string of the molecule is O=C(CS(=O)(=O)c1ccc(F)cc1)Nc1nc(-c2ccccc2)cs1. The first-order valence-corrected chi connectivity index (χ1v) is 9.76. The Hall–Kier alpha value is -2.58. The van der Waals surface area contributed by atoms with Crippen LogP contribution in [0.4, 0.5) is 9.52 Å². The van der Waals surface area contributed by atoms with Crippen LogP contribution in [0.1, 0.15) is 0 Å². The second-order valence-corrected chi connectivity index (χ2v) is 8.01. The van der Waals surface area contributed by atoms with Crippen molar-refractivity contribution in [3.05, 3.63) is 65.8 Å². The minimum absolute atomic E-state index is 0.104. The molecule has 2 aromatic carbocycles. The van der Waals surface area contributed by atoms with E-state index < -0.39 is 27.3 Å².